The van der Waals surface area contributed by atoms with Gasteiger partial charge >= 0.3 is 0 Å². The van der Waals surface area contributed by atoms with Crippen molar-refractivity contribution in [3.63, 3.8) is 0 Å². The number of ketones is 1. The van der Waals surface area contributed by atoms with E-state index in [4.69, 9.17) is 24.2 Å². The van der Waals surface area contributed by atoms with Gasteiger partial charge in [0.2, 0.25) is 5.78 Å². The molecule has 2 aliphatic heterocycles. The van der Waals surface area contributed by atoms with E-state index in [-0.39, 0.29) is 24.9 Å². The number of nitriles is 1. The Labute approximate surface area is 157 Å². The molecular formula is C19H12BrNO5. The molecule has 0 spiro atoms. The largest absolute Gasteiger partial charge is 0.479 e. The van der Waals surface area contributed by atoms with Crippen LogP contribution in [0.3, 0.4) is 0 Å². The minimum Gasteiger partial charge on any atom is -0.479 e. The van der Waals surface area contributed by atoms with E-state index >= 15 is 0 Å². The number of halogens is 1. The van der Waals surface area contributed by atoms with Crippen LogP contribution in [0.5, 0.6) is 17.2 Å². The van der Waals surface area contributed by atoms with Crippen molar-refractivity contribution in [2.75, 3.05) is 13.4 Å². The Morgan fingerprint density at radius 3 is 3.04 bits per heavy atom. The monoisotopic (exact) mass is 413 g/mol. The van der Waals surface area contributed by atoms with E-state index in [1.165, 1.54) is 0 Å². The van der Waals surface area contributed by atoms with Gasteiger partial charge in [-0.3, -0.25) is 4.79 Å². The van der Waals surface area contributed by atoms with Crippen molar-refractivity contribution in [2.24, 2.45) is 0 Å². The molecule has 0 unspecified atom stereocenters. The zero-order chi connectivity index (χ0) is 18.1. The van der Waals surface area contributed by atoms with Gasteiger partial charge in [0, 0.05) is 21.7 Å². The van der Waals surface area contributed by atoms with Gasteiger partial charge in [-0.2, -0.15) is 5.26 Å². The van der Waals surface area contributed by atoms with Crippen molar-refractivity contribution in [1.29, 1.82) is 5.26 Å². The maximum Gasteiger partial charge on any atom is 0.231 e. The minimum absolute atomic E-state index is 0.0704. The van der Waals surface area contributed by atoms with E-state index in [0.29, 0.717) is 29.4 Å². The highest BCUT2D eigenvalue weighted by Crippen LogP contribution is 2.38. The molecule has 0 saturated heterocycles. The van der Waals surface area contributed by atoms with Crippen LogP contribution in [0.2, 0.25) is 0 Å². The molecule has 6 nitrogen and oxygen atoms in total. The summed E-state index contributed by atoms with van der Waals surface area (Å²) >= 11 is 3.46. The SMILES string of the molecule is N#CCOc1ccc2c(c1)OC(=Cc1cc(Br)cc3c1OCOC3)C2=O. The Morgan fingerprint density at radius 1 is 1.31 bits per heavy atom. The van der Waals surface area contributed by atoms with Gasteiger partial charge in [0.15, 0.2) is 19.2 Å². The molecule has 0 bridgehead atoms. The summed E-state index contributed by atoms with van der Waals surface area (Å²) in [7, 11) is 0. The molecule has 0 amide bonds. The van der Waals surface area contributed by atoms with Gasteiger partial charge in [0.25, 0.3) is 0 Å². The standard InChI is InChI=1S/C19H12BrNO5/c20-13-5-11(19-12(6-13)9-23-10-25-19)7-17-18(22)15-2-1-14(24-4-3-21)8-16(15)26-17/h1-2,5-8H,4,9-10H2. The van der Waals surface area contributed by atoms with Crippen molar-refractivity contribution in [3.05, 3.63) is 57.3 Å². The summed E-state index contributed by atoms with van der Waals surface area (Å²) in [4.78, 5) is 12.6. The predicted molar refractivity (Wildman–Crippen MR) is 94.9 cm³/mol. The molecule has 0 aromatic heterocycles. The third-order valence-electron chi connectivity index (χ3n) is 3.93. The first kappa shape index (κ1) is 16.6. The number of benzene rings is 2. The first-order valence-electron chi connectivity index (χ1n) is 7.77. The summed E-state index contributed by atoms with van der Waals surface area (Å²) in [6.45, 7) is 0.540. The number of nitrogens with zero attached hydrogens (tertiary/aromatic N) is 1. The Balaban J connectivity index is 1.68. The minimum atomic E-state index is -0.215. The molecule has 2 heterocycles. The van der Waals surface area contributed by atoms with Crippen molar-refractivity contribution >= 4 is 27.8 Å². The highest BCUT2D eigenvalue weighted by molar-refractivity contribution is 9.10. The third kappa shape index (κ3) is 3.05. The molecule has 130 valence electrons. The van der Waals surface area contributed by atoms with E-state index in [1.807, 2.05) is 18.2 Å². The molecule has 2 aromatic rings. The number of Topliss-reactive ketones (excluding diaryl/α,β-unsaturated/α-hetero) is 1. The Kier molecular flexibility index (Phi) is 4.37. The lowest BCUT2D eigenvalue weighted by Crippen LogP contribution is -2.12. The predicted octanol–water partition coefficient (Wildman–Crippen LogP) is 3.83. The van der Waals surface area contributed by atoms with Crippen LogP contribution < -0.4 is 14.2 Å². The third-order valence-corrected chi connectivity index (χ3v) is 4.39. The topological polar surface area (TPSA) is 77.8 Å². The van der Waals surface area contributed by atoms with Crippen LogP contribution in [0, 0.1) is 11.3 Å². The van der Waals surface area contributed by atoms with Crippen molar-refractivity contribution in [2.45, 2.75) is 6.61 Å². The van der Waals surface area contributed by atoms with Gasteiger partial charge in [0.05, 0.1) is 12.2 Å². The van der Waals surface area contributed by atoms with E-state index in [0.717, 1.165) is 15.6 Å². The van der Waals surface area contributed by atoms with Crippen LogP contribution in [0.1, 0.15) is 21.5 Å². The van der Waals surface area contributed by atoms with Gasteiger partial charge in [-0.25, -0.2) is 0 Å². The zero-order valence-electron chi connectivity index (χ0n) is 13.5. The average molecular weight is 414 g/mol. The maximum atomic E-state index is 12.6. The van der Waals surface area contributed by atoms with Crippen LogP contribution in [0.4, 0.5) is 0 Å². The molecule has 4 rings (SSSR count). The second kappa shape index (κ2) is 6.83. The number of hydrogen-bond donors (Lipinski definition) is 0. The summed E-state index contributed by atoms with van der Waals surface area (Å²) in [5, 5.41) is 8.59. The van der Waals surface area contributed by atoms with Crippen LogP contribution in [0.25, 0.3) is 6.08 Å². The molecule has 0 N–H and O–H groups in total. The quantitative estimate of drug-likeness (QED) is 0.711. The molecule has 7 heteroatoms. The van der Waals surface area contributed by atoms with E-state index in [9.17, 15) is 4.79 Å². The van der Waals surface area contributed by atoms with Gasteiger partial charge in [-0.15, -0.1) is 0 Å². The van der Waals surface area contributed by atoms with Crippen LogP contribution in [-0.2, 0) is 11.3 Å². The number of carbonyl (C=O) groups is 1. The van der Waals surface area contributed by atoms with Crippen LogP contribution in [-0.4, -0.2) is 19.2 Å². The Bertz CT molecular complexity index is 977. The number of hydrogen-bond acceptors (Lipinski definition) is 6. The molecule has 0 saturated carbocycles. The highest BCUT2D eigenvalue weighted by Gasteiger charge is 2.28. The number of fused-ring (bicyclic) bond motifs is 2. The molecule has 0 atom stereocenters. The second-order valence-electron chi connectivity index (χ2n) is 5.64. The smallest absolute Gasteiger partial charge is 0.231 e. The van der Waals surface area contributed by atoms with Gasteiger partial charge in [-0.1, -0.05) is 15.9 Å². The summed E-state index contributed by atoms with van der Waals surface area (Å²) in [5.74, 6) is 1.54. The lowest BCUT2D eigenvalue weighted by molar-refractivity contribution is -0.0165. The average Bonchev–Trinajstić information content (AvgIpc) is 2.95. The van der Waals surface area contributed by atoms with E-state index in [2.05, 4.69) is 15.9 Å². The first-order valence-corrected chi connectivity index (χ1v) is 8.56. The van der Waals surface area contributed by atoms with Crippen molar-refractivity contribution in [3.8, 4) is 23.3 Å². The zero-order valence-corrected chi connectivity index (χ0v) is 15.0. The van der Waals surface area contributed by atoms with Gasteiger partial charge in [0.1, 0.15) is 23.3 Å². The summed E-state index contributed by atoms with van der Waals surface area (Å²) in [5.41, 5.74) is 2.08. The van der Waals surface area contributed by atoms with Gasteiger partial charge < -0.3 is 18.9 Å². The first-order chi connectivity index (χ1) is 12.7. The summed E-state index contributed by atoms with van der Waals surface area (Å²) < 4.78 is 22.7. The maximum absolute atomic E-state index is 12.6. The van der Waals surface area contributed by atoms with Crippen LogP contribution >= 0.6 is 15.9 Å². The molecule has 26 heavy (non-hydrogen) atoms. The summed E-state index contributed by atoms with van der Waals surface area (Å²) in [6.07, 6.45) is 1.66. The number of rotatable bonds is 3. The molecule has 0 aliphatic carbocycles. The fourth-order valence-electron chi connectivity index (χ4n) is 2.83. The fraction of sp³-hybridized carbons (Fsp3) is 0.158. The molecule has 2 aromatic carbocycles. The van der Waals surface area contributed by atoms with Gasteiger partial charge in [-0.05, 0) is 30.3 Å². The van der Waals surface area contributed by atoms with E-state index in [1.54, 1.807) is 24.3 Å². The molecule has 0 radical (unpaired) electrons. The highest BCUT2D eigenvalue weighted by atomic mass is 79.9. The number of carbonyl (C=O) groups excluding carboxylic acids is 1. The number of allylic oxidation sites excluding steroid dienone is 1. The molecule has 0 fully saturated rings. The summed E-state index contributed by atoms with van der Waals surface area (Å²) in [6, 6.07) is 10.6. The fourth-order valence-corrected chi connectivity index (χ4v) is 3.35. The number of ether oxygens (including phenoxy) is 4. The van der Waals surface area contributed by atoms with Crippen molar-refractivity contribution in [1.82, 2.24) is 0 Å². The van der Waals surface area contributed by atoms with Crippen LogP contribution in [0.15, 0.2) is 40.6 Å². The Hall–Kier alpha value is -2.82. The second-order valence-corrected chi connectivity index (χ2v) is 6.55. The van der Waals surface area contributed by atoms with E-state index < -0.39 is 0 Å². The Morgan fingerprint density at radius 2 is 2.19 bits per heavy atom. The normalized spacial score (nSPS) is 16.3. The lowest BCUT2D eigenvalue weighted by atomic mass is 10.1. The van der Waals surface area contributed by atoms with Crippen molar-refractivity contribution < 1.29 is 23.7 Å². The lowest BCUT2D eigenvalue weighted by Gasteiger charge is -2.20. The molecule has 2 aliphatic rings. The molecular weight excluding hydrogens is 402 g/mol.